The van der Waals surface area contributed by atoms with Crippen LogP contribution < -0.4 is 15.1 Å². The van der Waals surface area contributed by atoms with Crippen molar-refractivity contribution in [2.75, 3.05) is 21.7 Å². The van der Waals surface area contributed by atoms with Crippen molar-refractivity contribution in [1.29, 1.82) is 0 Å². The highest BCUT2D eigenvalue weighted by atomic mass is 79.9. The number of amides is 2. The molecule has 1 N–H and O–H groups in total. The third kappa shape index (κ3) is 4.28. The lowest BCUT2D eigenvalue weighted by Crippen LogP contribution is -2.45. The molecule has 4 aromatic rings. The smallest absolute Gasteiger partial charge is 0.345 e. The SMILES string of the molecule is Cn1cc2cc(N3Cc4cnc(NCC(F)(F)F)nc4N(c4ccc(Br)cc4)C3=O)ccc2n1. The lowest BCUT2D eigenvalue weighted by Gasteiger charge is -2.36. The third-order valence-electron chi connectivity index (χ3n) is 5.25. The first kappa shape index (κ1) is 22.1. The van der Waals surface area contributed by atoms with Crippen molar-refractivity contribution < 1.29 is 18.0 Å². The normalized spacial score (nSPS) is 14.0. The number of rotatable bonds is 4. The number of nitrogens with zero attached hydrogens (tertiary/aromatic N) is 6. The fourth-order valence-electron chi connectivity index (χ4n) is 3.75. The molecule has 0 unspecified atom stereocenters. The summed E-state index contributed by atoms with van der Waals surface area (Å²) in [5.74, 6) is 0.0157. The van der Waals surface area contributed by atoms with Crippen LogP contribution in [0.15, 0.2) is 59.3 Å². The summed E-state index contributed by atoms with van der Waals surface area (Å²) in [5.41, 5.74) is 2.55. The predicted octanol–water partition coefficient (Wildman–Crippen LogP) is 5.38. The number of alkyl halides is 3. The van der Waals surface area contributed by atoms with Crippen molar-refractivity contribution in [1.82, 2.24) is 19.7 Å². The van der Waals surface area contributed by atoms with Gasteiger partial charge < -0.3 is 5.32 Å². The number of carbonyl (C=O) groups is 1. The topological polar surface area (TPSA) is 79.2 Å². The molecular formula is C22H17BrF3N7O. The number of carbonyl (C=O) groups excluding carboxylic acids is 1. The first-order valence-electron chi connectivity index (χ1n) is 10.1. The lowest BCUT2D eigenvalue weighted by atomic mass is 10.1. The van der Waals surface area contributed by atoms with Gasteiger partial charge in [0.2, 0.25) is 5.95 Å². The second-order valence-corrected chi connectivity index (χ2v) is 8.65. The number of fused-ring (bicyclic) bond motifs is 2. The molecule has 0 saturated carbocycles. The van der Waals surface area contributed by atoms with Gasteiger partial charge in [-0.2, -0.15) is 23.3 Å². The maximum absolute atomic E-state index is 13.7. The summed E-state index contributed by atoms with van der Waals surface area (Å²) in [4.78, 5) is 24.9. The van der Waals surface area contributed by atoms with E-state index in [2.05, 4.69) is 36.3 Å². The Balaban J connectivity index is 1.58. The molecule has 2 amide bonds. The van der Waals surface area contributed by atoms with Crippen molar-refractivity contribution in [3.05, 3.63) is 64.9 Å². The van der Waals surface area contributed by atoms with Crippen LogP contribution in [0.3, 0.4) is 0 Å². The van der Waals surface area contributed by atoms with Crippen molar-refractivity contribution in [2.45, 2.75) is 12.7 Å². The van der Waals surface area contributed by atoms with E-state index >= 15 is 0 Å². The number of hydrogen-bond donors (Lipinski definition) is 1. The van der Waals surface area contributed by atoms with Gasteiger partial charge in [-0.05, 0) is 42.5 Å². The molecule has 34 heavy (non-hydrogen) atoms. The van der Waals surface area contributed by atoms with Gasteiger partial charge in [0.1, 0.15) is 6.54 Å². The molecule has 12 heteroatoms. The summed E-state index contributed by atoms with van der Waals surface area (Å²) in [7, 11) is 1.82. The Bertz CT molecular complexity index is 1390. The van der Waals surface area contributed by atoms with Crippen molar-refractivity contribution in [2.24, 2.45) is 7.05 Å². The van der Waals surface area contributed by atoms with Crippen LogP contribution >= 0.6 is 15.9 Å². The lowest BCUT2D eigenvalue weighted by molar-refractivity contribution is -0.115. The minimum absolute atomic E-state index is 0.159. The molecule has 8 nitrogen and oxygen atoms in total. The van der Waals surface area contributed by atoms with Crippen LogP contribution in [0.5, 0.6) is 0 Å². The first-order valence-corrected chi connectivity index (χ1v) is 10.9. The van der Waals surface area contributed by atoms with Gasteiger partial charge in [-0.1, -0.05) is 15.9 Å². The van der Waals surface area contributed by atoms with E-state index in [9.17, 15) is 18.0 Å². The van der Waals surface area contributed by atoms with Gasteiger partial charge in [0, 0.05) is 40.6 Å². The quantitative estimate of drug-likeness (QED) is 0.382. The highest BCUT2D eigenvalue weighted by Crippen LogP contribution is 2.37. The molecule has 1 aliphatic rings. The van der Waals surface area contributed by atoms with Gasteiger partial charge in [0.15, 0.2) is 5.82 Å². The van der Waals surface area contributed by atoms with E-state index in [0.717, 1.165) is 15.4 Å². The van der Waals surface area contributed by atoms with E-state index in [1.54, 1.807) is 39.9 Å². The zero-order chi connectivity index (χ0) is 24.0. The number of anilines is 4. The molecule has 0 fully saturated rings. The van der Waals surface area contributed by atoms with Gasteiger partial charge in [-0.3, -0.25) is 9.58 Å². The fourth-order valence-corrected chi connectivity index (χ4v) is 4.01. The minimum atomic E-state index is -4.43. The second kappa shape index (κ2) is 8.28. The maximum Gasteiger partial charge on any atom is 0.405 e. The molecule has 0 radical (unpaired) electrons. The maximum atomic E-state index is 13.7. The zero-order valence-electron chi connectivity index (χ0n) is 17.7. The van der Waals surface area contributed by atoms with Gasteiger partial charge in [-0.15, -0.1) is 0 Å². The number of aryl methyl sites for hydroxylation is 1. The van der Waals surface area contributed by atoms with Crippen LogP contribution in [0.25, 0.3) is 10.9 Å². The van der Waals surface area contributed by atoms with E-state index in [1.807, 2.05) is 25.4 Å². The average molecular weight is 532 g/mol. The summed E-state index contributed by atoms with van der Waals surface area (Å²) >= 11 is 3.38. The van der Waals surface area contributed by atoms with Crippen LogP contribution in [0.2, 0.25) is 0 Å². The molecule has 0 saturated heterocycles. The highest BCUT2D eigenvalue weighted by molar-refractivity contribution is 9.10. The van der Waals surface area contributed by atoms with Gasteiger partial charge in [-0.25, -0.2) is 14.7 Å². The number of hydrogen-bond acceptors (Lipinski definition) is 5. The van der Waals surface area contributed by atoms with E-state index in [0.29, 0.717) is 16.9 Å². The van der Waals surface area contributed by atoms with Crippen LogP contribution in [-0.2, 0) is 13.6 Å². The molecule has 5 rings (SSSR count). The Morgan fingerprint density at radius 2 is 1.85 bits per heavy atom. The van der Waals surface area contributed by atoms with Crippen LogP contribution in [0.1, 0.15) is 5.56 Å². The zero-order valence-corrected chi connectivity index (χ0v) is 19.3. The number of nitrogens with one attached hydrogen (secondary N) is 1. The van der Waals surface area contributed by atoms with Gasteiger partial charge >= 0.3 is 12.2 Å². The monoisotopic (exact) mass is 531 g/mol. The molecule has 2 aromatic carbocycles. The van der Waals surface area contributed by atoms with E-state index in [1.165, 1.54) is 11.1 Å². The van der Waals surface area contributed by atoms with E-state index in [-0.39, 0.29) is 18.3 Å². The largest absolute Gasteiger partial charge is 0.405 e. The highest BCUT2D eigenvalue weighted by Gasteiger charge is 2.35. The molecule has 0 aliphatic carbocycles. The Labute approximate surface area is 200 Å². The van der Waals surface area contributed by atoms with E-state index in [4.69, 9.17) is 0 Å². The molecular weight excluding hydrogens is 515 g/mol. The average Bonchev–Trinajstić information content (AvgIpc) is 3.17. The molecule has 0 bridgehead atoms. The Hall–Kier alpha value is -3.67. The third-order valence-corrected chi connectivity index (χ3v) is 5.78. The van der Waals surface area contributed by atoms with Crippen molar-refractivity contribution >= 4 is 56.0 Å². The van der Waals surface area contributed by atoms with Crippen molar-refractivity contribution in [3.63, 3.8) is 0 Å². The minimum Gasteiger partial charge on any atom is -0.345 e. The predicted molar refractivity (Wildman–Crippen MR) is 125 cm³/mol. The summed E-state index contributed by atoms with van der Waals surface area (Å²) in [6.45, 7) is -1.12. The summed E-state index contributed by atoms with van der Waals surface area (Å²) in [5, 5.41) is 7.41. The molecule has 0 spiro atoms. The number of benzene rings is 2. The molecule has 174 valence electrons. The number of urea groups is 1. The number of halogens is 4. The summed E-state index contributed by atoms with van der Waals surface area (Å²) in [6, 6.07) is 12.1. The standard InChI is InChI=1S/C22H17BrF3N7O/c1-31-10-13-8-17(6-7-18(13)30-31)32-11-14-9-27-20(28-12-22(24,25)26)29-19(14)33(21(32)34)16-4-2-15(23)3-5-16/h2-10H,11-12H2,1H3,(H,27,28,29). The van der Waals surface area contributed by atoms with Crippen LogP contribution in [0.4, 0.5) is 41.1 Å². The van der Waals surface area contributed by atoms with Crippen LogP contribution in [0, 0.1) is 0 Å². The van der Waals surface area contributed by atoms with Gasteiger partial charge in [0.25, 0.3) is 0 Å². The summed E-state index contributed by atoms with van der Waals surface area (Å²) in [6.07, 6.45) is -1.13. The second-order valence-electron chi connectivity index (χ2n) is 7.74. The molecule has 1 aliphatic heterocycles. The molecule has 2 aromatic heterocycles. The number of aromatic nitrogens is 4. The summed E-state index contributed by atoms with van der Waals surface area (Å²) < 4.78 is 40.5. The van der Waals surface area contributed by atoms with Gasteiger partial charge in [0.05, 0.1) is 17.7 Å². The Kier molecular flexibility index (Phi) is 5.39. The Morgan fingerprint density at radius 3 is 2.59 bits per heavy atom. The molecule has 0 atom stereocenters. The fraction of sp³-hybridized carbons (Fsp3) is 0.182. The Morgan fingerprint density at radius 1 is 1.12 bits per heavy atom. The van der Waals surface area contributed by atoms with E-state index < -0.39 is 18.8 Å². The first-order chi connectivity index (χ1) is 16.2. The van der Waals surface area contributed by atoms with Crippen LogP contribution in [-0.4, -0.2) is 38.5 Å². The molecule has 3 heterocycles. The van der Waals surface area contributed by atoms with Crippen molar-refractivity contribution in [3.8, 4) is 0 Å².